The van der Waals surface area contributed by atoms with Crippen LogP contribution in [0.3, 0.4) is 0 Å². The summed E-state index contributed by atoms with van der Waals surface area (Å²) in [5, 5.41) is 4.09. The third-order valence-electron chi connectivity index (χ3n) is 4.97. The summed E-state index contributed by atoms with van der Waals surface area (Å²) in [4.78, 5) is 41.1. The molecule has 8 heteroatoms. The first-order chi connectivity index (χ1) is 13.4. The molecule has 6 nitrogen and oxygen atoms in total. The Balaban J connectivity index is 1.69. The average molecular weight is 399 g/mol. The molecule has 0 radical (unpaired) electrons. The number of benzene rings is 1. The van der Waals surface area contributed by atoms with Gasteiger partial charge in [-0.25, -0.2) is 9.18 Å². The highest BCUT2D eigenvalue weighted by molar-refractivity contribution is 7.09. The van der Waals surface area contributed by atoms with E-state index in [4.69, 9.17) is 0 Å². The van der Waals surface area contributed by atoms with E-state index in [0.717, 1.165) is 33.9 Å². The average Bonchev–Trinajstić information content (AvgIpc) is 3.17. The van der Waals surface area contributed by atoms with Crippen molar-refractivity contribution < 1.29 is 18.8 Å². The number of rotatable bonds is 3. The van der Waals surface area contributed by atoms with E-state index in [9.17, 15) is 18.8 Å². The largest absolute Gasteiger partial charge is 0.344 e. The molecular formula is C20H18FN3O3S. The van der Waals surface area contributed by atoms with Gasteiger partial charge in [0.15, 0.2) is 0 Å². The van der Waals surface area contributed by atoms with Crippen molar-refractivity contribution in [3.63, 3.8) is 0 Å². The van der Waals surface area contributed by atoms with Crippen LogP contribution in [0.15, 0.2) is 47.5 Å². The van der Waals surface area contributed by atoms with Crippen molar-refractivity contribution in [3.8, 4) is 0 Å². The molecule has 1 saturated heterocycles. The molecule has 2 aliphatic rings. The first-order valence-electron chi connectivity index (χ1n) is 8.92. The highest BCUT2D eigenvalue weighted by Crippen LogP contribution is 2.32. The number of amides is 4. The molecule has 0 aliphatic carbocycles. The van der Waals surface area contributed by atoms with Gasteiger partial charge in [-0.2, -0.15) is 0 Å². The van der Waals surface area contributed by atoms with Gasteiger partial charge in [-0.3, -0.25) is 19.8 Å². The van der Waals surface area contributed by atoms with Gasteiger partial charge in [-0.15, -0.1) is 11.3 Å². The van der Waals surface area contributed by atoms with E-state index in [2.05, 4.69) is 5.32 Å². The molecule has 2 aliphatic heterocycles. The Kier molecular flexibility index (Phi) is 4.72. The van der Waals surface area contributed by atoms with Crippen LogP contribution in [0.4, 0.5) is 14.9 Å². The lowest BCUT2D eigenvalue weighted by Crippen LogP contribution is -2.54. The molecule has 1 aromatic carbocycles. The van der Waals surface area contributed by atoms with Crippen molar-refractivity contribution in [1.82, 2.24) is 10.2 Å². The number of hydrogen-bond donors (Lipinski definition) is 1. The van der Waals surface area contributed by atoms with Crippen molar-refractivity contribution in [2.75, 3.05) is 4.90 Å². The summed E-state index contributed by atoms with van der Waals surface area (Å²) >= 11 is 1.43. The summed E-state index contributed by atoms with van der Waals surface area (Å²) < 4.78 is 13.6. The molecule has 1 fully saturated rings. The third-order valence-corrected chi connectivity index (χ3v) is 5.84. The molecule has 1 N–H and O–H groups in total. The number of urea groups is 1. The van der Waals surface area contributed by atoms with Gasteiger partial charge in [0.05, 0.1) is 6.54 Å². The van der Waals surface area contributed by atoms with Crippen LogP contribution in [0.1, 0.15) is 23.8 Å². The maximum Gasteiger partial charge on any atom is 0.331 e. The van der Waals surface area contributed by atoms with Crippen molar-refractivity contribution in [1.29, 1.82) is 0 Å². The molecule has 2 aromatic rings. The molecular weight excluding hydrogens is 381 g/mol. The number of carbonyl (C=O) groups is 3. The van der Waals surface area contributed by atoms with Gasteiger partial charge in [0, 0.05) is 22.8 Å². The van der Waals surface area contributed by atoms with E-state index >= 15 is 0 Å². The number of barbiturate groups is 1. The highest BCUT2D eigenvalue weighted by Gasteiger charge is 2.37. The van der Waals surface area contributed by atoms with Gasteiger partial charge >= 0.3 is 6.03 Å². The van der Waals surface area contributed by atoms with E-state index in [1.165, 1.54) is 29.7 Å². The molecule has 4 rings (SSSR count). The van der Waals surface area contributed by atoms with Gasteiger partial charge in [-0.1, -0.05) is 6.07 Å². The lowest BCUT2D eigenvalue weighted by atomic mass is 9.96. The Morgan fingerprint density at radius 2 is 2.11 bits per heavy atom. The van der Waals surface area contributed by atoms with E-state index in [1.54, 1.807) is 6.07 Å². The van der Waals surface area contributed by atoms with Crippen LogP contribution in [0.2, 0.25) is 0 Å². The van der Waals surface area contributed by atoms with Crippen LogP contribution < -0.4 is 10.2 Å². The predicted octanol–water partition coefficient (Wildman–Crippen LogP) is 3.19. The van der Waals surface area contributed by atoms with E-state index in [-0.39, 0.29) is 24.0 Å². The van der Waals surface area contributed by atoms with Crippen LogP contribution in [0.5, 0.6) is 0 Å². The smallest absolute Gasteiger partial charge is 0.331 e. The Morgan fingerprint density at radius 1 is 1.29 bits per heavy atom. The molecule has 28 heavy (non-hydrogen) atoms. The van der Waals surface area contributed by atoms with Crippen molar-refractivity contribution in [3.05, 3.63) is 63.7 Å². The van der Waals surface area contributed by atoms with Crippen LogP contribution in [-0.4, -0.2) is 28.8 Å². The number of thiophene rings is 1. The minimum absolute atomic E-state index is 0.0226. The lowest BCUT2D eigenvalue weighted by molar-refractivity contribution is -0.130. The normalized spacial score (nSPS) is 21.1. The first kappa shape index (κ1) is 18.4. The first-order valence-corrected chi connectivity index (χ1v) is 9.80. The summed E-state index contributed by atoms with van der Waals surface area (Å²) in [5.74, 6) is -1.68. The zero-order chi connectivity index (χ0) is 19.8. The molecule has 3 heterocycles. The second-order valence-corrected chi connectivity index (χ2v) is 7.87. The number of halogens is 1. The van der Waals surface area contributed by atoms with Gasteiger partial charge in [0.2, 0.25) is 0 Å². The maximum absolute atomic E-state index is 13.6. The zero-order valence-electron chi connectivity index (χ0n) is 15.1. The Labute approximate surface area is 165 Å². The summed E-state index contributed by atoms with van der Waals surface area (Å²) in [5.41, 5.74) is 1.47. The molecule has 0 unspecified atom stereocenters. The Bertz CT molecular complexity index is 987. The van der Waals surface area contributed by atoms with E-state index in [0.29, 0.717) is 0 Å². The molecule has 0 bridgehead atoms. The zero-order valence-corrected chi connectivity index (χ0v) is 16.0. The van der Waals surface area contributed by atoms with Crippen LogP contribution >= 0.6 is 11.3 Å². The van der Waals surface area contributed by atoms with Gasteiger partial charge in [0.1, 0.15) is 11.4 Å². The highest BCUT2D eigenvalue weighted by atomic mass is 32.1. The Hall–Kier alpha value is -3.00. The lowest BCUT2D eigenvalue weighted by Gasteiger charge is -2.35. The van der Waals surface area contributed by atoms with E-state index < -0.39 is 17.8 Å². The van der Waals surface area contributed by atoms with Gasteiger partial charge in [0.25, 0.3) is 11.8 Å². The number of anilines is 1. The molecule has 1 aromatic heterocycles. The summed E-state index contributed by atoms with van der Waals surface area (Å²) in [6, 6.07) is 7.43. The van der Waals surface area contributed by atoms with Gasteiger partial charge < -0.3 is 4.90 Å². The quantitative estimate of drug-likeness (QED) is 0.636. The second-order valence-electron chi connectivity index (χ2n) is 6.84. The van der Waals surface area contributed by atoms with Crippen molar-refractivity contribution in [2.24, 2.45) is 0 Å². The number of fused-ring (bicyclic) bond motifs is 1. The SMILES string of the molecule is C[C@H]1CCc2cc(F)ccc2N1/C=C1\C(=O)NC(=O)N(Cc2cccs2)C1=O. The second kappa shape index (κ2) is 7.20. The monoisotopic (exact) mass is 399 g/mol. The fourth-order valence-corrected chi connectivity index (χ4v) is 4.16. The molecule has 144 valence electrons. The molecule has 0 spiro atoms. The van der Waals surface area contributed by atoms with Crippen LogP contribution in [0, 0.1) is 5.82 Å². The fourth-order valence-electron chi connectivity index (χ4n) is 3.47. The summed E-state index contributed by atoms with van der Waals surface area (Å²) in [6.45, 7) is 2.08. The van der Waals surface area contributed by atoms with Crippen molar-refractivity contribution >= 4 is 34.9 Å². The number of nitrogens with one attached hydrogen (secondary N) is 1. The van der Waals surface area contributed by atoms with Crippen molar-refractivity contribution in [2.45, 2.75) is 32.4 Å². The molecule has 4 amide bonds. The van der Waals surface area contributed by atoms with Gasteiger partial charge in [-0.05, 0) is 55.0 Å². The minimum atomic E-state index is -0.727. The summed E-state index contributed by atoms with van der Waals surface area (Å²) in [6.07, 6.45) is 2.96. The molecule has 1 atom stereocenters. The number of carbonyl (C=O) groups excluding carboxylic acids is 3. The Morgan fingerprint density at radius 3 is 2.86 bits per heavy atom. The molecule has 0 saturated carbocycles. The topological polar surface area (TPSA) is 69.7 Å². The van der Waals surface area contributed by atoms with Crippen LogP contribution in [0.25, 0.3) is 0 Å². The third kappa shape index (κ3) is 3.31. The number of aryl methyl sites for hydroxylation is 1. The fraction of sp³-hybridized carbons (Fsp3) is 0.250. The number of hydrogen-bond acceptors (Lipinski definition) is 5. The predicted molar refractivity (Wildman–Crippen MR) is 103 cm³/mol. The number of nitrogens with zero attached hydrogens (tertiary/aromatic N) is 2. The summed E-state index contributed by atoms with van der Waals surface area (Å²) in [7, 11) is 0. The number of imide groups is 2. The maximum atomic E-state index is 13.6. The van der Waals surface area contributed by atoms with E-state index in [1.807, 2.05) is 29.3 Å². The minimum Gasteiger partial charge on any atom is -0.344 e. The standard InChI is InChI=1S/C20H18FN3O3S/c1-12-4-5-13-9-14(21)6-7-17(13)23(12)11-16-18(25)22-20(27)24(19(16)26)10-15-3-2-8-28-15/h2-3,6-9,11-12H,4-5,10H2,1H3,(H,22,25,27)/b16-11+/t12-/m0/s1. The van der Waals surface area contributed by atoms with Crippen LogP contribution in [-0.2, 0) is 22.6 Å².